The number of hydrogen-bond acceptors (Lipinski definition) is 3. The molecule has 0 radical (unpaired) electrons. The molecule has 0 amide bonds. The van der Waals surface area contributed by atoms with Crippen molar-refractivity contribution in [3.63, 3.8) is 0 Å². The first kappa shape index (κ1) is 12.5. The topological polar surface area (TPSA) is 53.6 Å². The lowest BCUT2D eigenvalue weighted by molar-refractivity contribution is 0.738. The van der Waals surface area contributed by atoms with Crippen LogP contribution in [0.5, 0.6) is 0 Å². The fourth-order valence-corrected chi connectivity index (χ4v) is 1.91. The Morgan fingerprint density at radius 2 is 2.28 bits per heavy atom. The molecule has 2 aromatic rings. The minimum absolute atomic E-state index is 0.463. The normalized spacial score (nSPS) is 10.1. The first-order valence-corrected chi connectivity index (χ1v) is 5.91. The van der Waals surface area contributed by atoms with E-state index in [1.165, 1.54) is 0 Å². The molecule has 0 aliphatic carbocycles. The number of nitrogens with zero attached hydrogens (tertiary/aromatic N) is 3. The Balaban J connectivity index is 2.19. The molecule has 0 bridgehead atoms. The molecule has 5 heteroatoms. The summed E-state index contributed by atoms with van der Waals surface area (Å²) in [5.41, 5.74) is 3.42. The highest BCUT2D eigenvalue weighted by Gasteiger charge is 2.07. The largest absolute Gasteiger partial charge is 0.380 e. The van der Waals surface area contributed by atoms with E-state index in [4.69, 9.17) is 16.9 Å². The third kappa shape index (κ3) is 2.31. The molecule has 0 atom stereocenters. The van der Waals surface area contributed by atoms with Gasteiger partial charge in [-0.15, -0.1) is 0 Å². The smallest absolute Gasteiger partial charge is 0.103 e. The van der Waals surface area contributed by atoms with Crippen LogP contribution in [0.15, 0.2) is 24.4 Å². The maximum atomic E-state index is 9.06. The Kier molecular flexibility index (Phi) is 3.54. The highest BCUT2D eigenvalue weighted by molar-refractivity contribution is 6.32. The standard InChI is InChI=1S/C13H13ClN4/c1-9-10(8-17-18(9)2)7-16-13-5-3-4-12(14)11(13)6-15/h3-5,8,16H,7H2,1-2H3. The van der Waals surface area contributed by atoms with E-state index in [-0.39, 0.29) is 0 Å². The van der Waals surface area contributed by atoms with Crippen LogP contribution < -0.4 is 5.32 Å². The molecule has 0 unspecified atom stereocenters. The molecule has 0 aliphatic heterocycles. The third-order valence-electron chi connectivity index (χ3n) is 2.93. The number of benzene rings is 1. The van der Waals surface area contributed by atoms with Gasteiger partial charge in [-0.05, 0) is 19.1 Å². The van der Waals surface area contributed by atoms with Gasteiger partial charge in [-0.3, -0.25) is 4.68 Å². The van der Waals surface area contributed by atoms with Crippen LogP contribution >= 0.6 is 11.6 Å². The summed E-state index contributed by atoms with van der Waals surface area (Å²) in [5.74, 6) is 0. The molecule has 18 heavy (non-hydrogen) atoms. The zero-order valence-corrected chi connectivity index (χ0v) is 11.0. The summed E-state index contributed by atoms with van der Waals surface area (Å²) in [6.07, 6.45) is 1.82. The predicted molar refractivity (Wildman–Crippen MR) is 71.4 cm³/mol. The average molecular weight is 261 g/mol. The van der Waals surface area contributed by atoms with Crippen molar-refractivity contribution >= 4 is 17.3 Å². The van der Waals surface area contributed by atoms with Crippen molar-refractivity contribution in [3.8, 4) is 6.07 Å². The van der Waals surface area contributed by atoms with Crippen molar-refractivity contribution in [2.24, 2.45) is 7.05 Å². The van der Waals surface area contributed by atoms with E-state index in [0.29, 0.717) is 17.1 Å². The summed E-state index contributed by atoms with van der Waals surface area (Å²) < 4.78 is 1.82. The van der Waals surface area contributed by atoms with E-state index in [1.54, 1.807) is 6.07 Å². The maximum absolute atomic E-state index is 9.06. The van der Waals surface area contributed by atoms with Gasteiger partial charge in [0.15, 0.2) is 0 Å². The first-order valence-electron chi connectivity index (χ1n) is 5.53. The van der Waals surface area contributed by atoms with Gasteiger partial charge in [0.25, 0.3) is 0 Å². The molecule has 1 N–H and O–H groups in total. The van der Waals surface area contributed by atoms with Crippen LogP contribution in [0, 0.1) is 18.3 Å². The van der Waals surface area contributed by atoms with Gasteiger partial charge in [0, 0.05) is 24.8 Å². The number of nitriles is 1. The van der Waals surface area contributed by atoms with Gasteiger partial charge in [0.05, 0.1) is 22.5 Å². The van der Waals surface area contributed by atoms with Crippen molar-refractivity contribution < 1.29 is 0 Å². The predicted octanol–water partition coefficient (Wildman–Crippen LogP) is 2.87. The zero-order valence-electron chi connectivity index (χ0n) is 10.2. The van der Waals surface area contributed by atoms with Crippen molar-refractivity contribution in [3.05, 3.63) is 46.2 Å². The SMILES string of the molecule is Cc1c(CNc2cccc(Cl)c2C#N)cnn1C. The zero-order chi connectivity index (χ0) is 13.1. The van der Waals surface area contributed by atoms with Crippen molar-refractivity contribution in [2.45, 2.75) is 13.5 Å². The van der Waals surface area contributed by atoms with Crippen LogP contribution in [0.1, 0.15) is 16.8 Å². The molecule has 0 saturated heterocycles. The molecule has 0 saturated carbocycles. The van der Waals surface area contributed by atoms with Crippen molar-refractivity contribution in [1.82, 2.24) is 9.78 Å². The second-order valence-electron chi connectivity index (χ2n) is 4.01. The van der Waals surface area contributed by atoms with E-state index in [1.807, 2.05) is 37.0 Å². The molecule has 1 heterocycles. The van der Waals surface area contributed by atoms with Gasteiger partial charge >= 0.3 is 0 Å². The van der Waals surface area contributed by atoms with Crippen LogP contribution in [0.2, 0.25) is 5.02 Å². The van der Waals surface area contributed by atoms with Gasteiger partial charge in [-0.2, -0.15) is 10.4 Å². The molecule has 0 fully saturated rings. The number of aryl methyl sites for hydroxylation is 1. The Morgan fingerprint density at radius 1 is 1.50 bits per heavy atom. The van der Waals surface area contributed by atoms with Crippen LogP contribution in [0.25, 0.3) is 0 Å². The maximum Gasteiger partial charge on any atom is 0.103 e. The minimum Gasteiger partial charge on any atom is -0.380 e. The van der Waals surface area contributed by atoms with Gasteiger partial charge in [0.1, 0.15) is 6.07 Å². The molecule has 1 aromatic carbocycles. The Labute approximate surface area is 111 Å². The fourth-order valence-electron chi connectivity index (χ4n) is 1.69. The third-order valence-corrected chi connectivity index (χ3v) is 3.25. The molecule has 0 spiro atoms. The number of halogens is 1. The minimum atomic E-state index is 0.463. The van der Waals surface area contributed by atoms with Gasteiger partial charge in [0.2, 0.25) is 0 Å². The van der Waals surface area contributed by atoms with E-state index >= 15 is 0 Å². The van der Waals surface area contributed by atoms with Crippen LogP contribution in [0.4, 0.5) is 5.69 Å². The Morgan fingerprint density at radius 3 is 2.89 bits per heavy atom. The molecular weight excluding hydrogens is 248 g/mol. The van der Waals surface area contributed by atoms with E-state index in [0.717, 1.165) is 16.9 Å². The van der Waals surface area contributed by atoms with Crippen molar-refractivity contribution in [1.29, 1.82) is 5.26 Å². The summed E-state index contributed by atoms with van der Waals surface area (Å²) >= 11 is 5.97. The van der Waals surface area contributed by atoms with Gasteiger partial charge in [-0.1, -0.05) is 17.7 Å². The van der Waals surface area contributed by atoms with E-state index in [2.05, 4.69) is 16.5 Å². The summed E-state index contributed by atoms with van der Waals surface area (Å²) in [6, 6.07) is 7.48. The number of aromatic nitrogens is 2. The van der Waals surface area contributed by atoms with Crippen LogP contribution in [-0.2, 0) is 13.6 Å². The van der Waals surface area contributed by atoms with E-state index in [9.17, 15) is 0 Å². The van der Waals surface area contributed by atoms with Crippen molar-refractivity contribution in [2.75, 3.05) is 5.32 Å². The molecule has 0 aliphatic rings. The molecular formula is C13H13ClN4. The summed E-state index contributed by atoms with van der Waals surface area (Å²) in [7, 11) is 1.90. The lowest BCUT2D eigenvalue weighted by atomic mass is 10.2. The molecule has 2 rings (SSSR count). The lowest BCUT2D eigenvalue weighted by Gasteiger charge is -2.08. The summed E-state index contributed by atoms with van der Waals surface area (Å²) in [5, 5.41) is 16.9. The monoisotopic (exact) mass is 260 g/mol. The lowest BCUT2D eigenvalue weighted by Crippen LogP contribution is -2.03. The second-order valence-corrected chi connectivity index (χ2v) is 4.41. The number of hydrogen-bond donors (Lipinski definition) is 1. The Bertz CT molecular complexity index is 610. The quantitative estimate of drug-likeness (QED) is 0.923. The molecule has 1 aromatic heterocycles. The highest BCUT2D eigenvalue weighted by atomic mass is 35.5. The fraction of sp³-hybridized carbons (Fsp3) is 0.231. The average Bonchev–Trinajstić information content (AvgIpc) is 2.68. The van der Waals surface area contributed by atoms with Gasteiger partial charge in [-0.25, -0.2) is 0 Å². The highest BCUT2D eigenvalue weighted by Crippen LogP contribution is 2.23. The molecule has 92 valence electrons. The van der Waals surface area contributed by atoms with Gasteiger partial charge < -0.3 is 5.32 Å². The second kappa shape index (κ2) is 5.11. The summed E-state index contributed by atoms with van der Waals surface area (Å²) in [4.78, 5) is 0. The van der Waals surface area contributed by atoms with Crippen LogP contribution in [0.3, 0.4) is 0 Å². The number of rotatable bonds is 3. The Hall–Kier alpha value is -1.99. The molecule has 4 nitrogen and oxygen atoms in total. The van der Waals surface area contributed by atoms with E-state index < -0.39 is 0 Å². The summed E-state index contributed by atoms with van der Waals surface area (Å²) in [6.45, 7) is 2.63. The number of anilines is 1. The number of nitrogens with one attached hydrogen (secondary N) is 1. The first-order chi connectivity index (χ1) is 8.63. The van der Waals surface area contributed by atoms with Crippen LogP contribution in [-0.4, -0.2) is 9.78 Å².